The molecule has 1 aliphatic heterocycles. The van der Waals surface area contributed by atoms with E-state index in [-0.39, 0.29) is 6.04 Å². The molecule has 0 aliphatic carbocycles. The molecule has 0 bridgehead atoms. The smallest absolute Gasteiger partial charge is 0.0506 e. The molecule has 2 nitrogen and oxygen atoms in total. The Morgan fingerprint density at radius 3 is 3.13 bits per heavy atom. The van der Waals surface area contributed by atoms with Crippen LogP contribution >= 0.6 is 27.7 Å². The van der Waals surface area contributed by atoms with Crippen LogP contribution in [0.2, 0.25) is 0 Å². The predicted octanol–water partition coefficient (Wildman–Crippen LogP) is 2.71. The Morgan fingerprint density at radius 2 is 2.40 bits per heavy atom. The van der Waals surface area contributed by atoms with Crippen LogP contribution in [0.15, 0.2) is 27.6 Å². The Labute approximate surface area is 103 Å². The lowest BCUT2D eigenvalue weighted by molar-refractivity contribution is 0.684. The zero-order valence-electron chi connectivity index (χ0n) is 8.74. The minimum absolute atomic E-state index is 0.226. The fourth-order valence-corrected chi connectivity index (χ4v) is 3.39. The molecule has 15 heavy (non-hydrogen) atoms. The Hall–Kier alpha value is -0.190. The first-order valence-electron chi connectivity index (χ1n) is 5.09. The monoisotopic (exact) mass is 286 g/mol. The van der Waals surface area contributed by atoms with E-state index in [1.165, 1.54) is 10.6 Å². The van der Waals surface area contributed by atoms with E-state index < -0.39 is 0 Å². The highest BCUT2D eigenvalue weighted by atomic mass is 79.9. The number of rotatable bonds is 2. The summed E-state index contributed by atoms with van der Waals surface area (Å²) in [5, 5.41) is 0. The van der Waals surface area contributed by atoms with Gasteiger partial charge in [0.1, 0.15) is 0 Å². The van der Waals surface area contributed by atoms with Crippen LogP contribution in [0.4, 0.5) is 5.69 Å². The fraction of sp³-hybridized carbons (Fsp3) is 0.455. The first-order chi connectivity index (χ1) is 7.16. The Kier molecular flexibility index (Phi) is 3.59. The molecular formula is C11H15BrN2S. The lowest BCUT2D eigenvalue weighted by Crippen LogP contribution is -2.38. The summed E-state index contributed by atoms with van der Waals surface area (Å²) in [6, 6.07) is 6.69. The van der Waals surface area contributed by atoms with Gasteiger partial charge in [-0.25, -0.2) is 0 Å². The lowest BCUT2D eigenvalue weighted by atomic mass is 10.2. The van der Waals surface area contributed by atoms with Crippen molar-refractivity contribution < 1.29 is 0 Å². The van der Waals surface area contributed by atoms with Gasteiger partial charge in [-0.1, -0.05) is 15.9 Å². The summed E-state index contributed by atoms with van der Waals surface area (Å²) in [7, 11) is 0. The van der Waals surface area contributed by atoms with Gasteiger partial charge in [0.15, 0.2) is 0 Å². The Morgan fingerprint density at radius 1 is 1.60 bits per heavy atom. The zero-order valence-corrected chi connectivity index (χ0v) is 11.1. The fourth-order valence-electron chi connectivity index (χ4n) is 1.79. The van der Waals surface area contributed by atoms with Crippen LogP contribution in [0.5, 0.6) is 0 Å². The number of fused-ring (bicyclic) bond motifs is 1. The van der Waals surface area contributed by atoms with E-state index in [0.29, 0.717) is 0 Å². The summed E-state index contributed by atoms with van der Waals surface area (Å²) in [4.78, 5) is 3.74. The second kappa shape index (κ2) is 4.76. The number of nitrogens with zero attached hydrogens (tertiary/aromatic N) is 1. The van der Waals surface area contributed by atoms with Crippen molar-refractivity contribution in [2.24, 2.45) is 5.73 Å². The van der Waals surface area contributed by atoms with Gasteiger partial charge in [-0.05, 0) is 25.1 Å². The second-order valence-electron chi connectivity index (χ2n) is 3.88. The zero-order chi connectivity index (χ0) is 10.8. The number of hydrogen-bond acceptors (Lipinski definition) is 3. The molecule has 2 rings (SSSR count). The van der Waals surface area contributed by atoms with Crippen LogP contribution in [0.1, 0.15) is 6.92 Å². The molecule has 0 radical (unpaired) electrons. The van der Waals surface area contributed by atoms with Gasteiger partial charge in [0.05, 0.1) is 5.69 Å². The van der Waals surface area contributed by atoms with Crippen LogP contribution < -0.4 is 10.6 Å². The van der Waals surface area contributed by atoms with Crippen LogP contribution in [-0.2, 0) is 0 Å². The largest absolute Gasteiger partial charge is 0.368 e. The summed E-state index contributed by atoms with van der Waals surface area (Å²) in [5.41, 5.74) is 7.18. The van der Waals surface area contributed by atoms with E-state index in [9.17, 15) is 0 Å². The van der Waals surface area contributed by atoms with Gasteiger partial charge in [0, 0.05) is 34.3 Å². The SMILES string of the molecule is CC(N)CN1CCSc2cc(Br)ccc21. The summed E-state index contributed by atoms with van der Waals surface area (Å²) in [5.74, 6) is 1.15. The average molecular weight is 287 g/mol. The number of halogens is 1. The molecule has 1 aliphatic rings. The maximum Gasteiger partial charge on any atom is 0.0506 e. The summed E-state index contributed by atoms with van der Waals surface area (Å²) < 4.78 is 1.15. The van der Waals surface area contributed by atoms with Gasteiger partial charge in [-0.15, -0.1) is 11.8 Å². The van der Waals surface area contributed by atoms with Crippen LogP contribution in [-0.4, -0.2) is 24.9 Å². The van der Waals surface area contributed by atoms with Crippen LogP contribution in [0.25, 0.3) is 0 Å². The van der Waals surface area contributed by atoms with Gasteiger partial charge in [0.25, 0.3) is 0 Å². The highest BCUT2D eigenvalue weighted by molar-refractivity contribution is 9.10. The van der Waals surface area contributed by atoms with E-state index >= 15 is 0 Å². The number of anilines is 1. The summed E-state index contributed by atoms with van der Waals surface area (Å²) >= 11 is 5.43. The summed E-state index contributed by atoms with van der Waals surface area (Å²) in [6.07, 6.45) is 0. The first-order valence-corrected chi connectivity index (χ1v) is 6.87. The standard InChI is InChI=1S/C11H15BrN2S/c1-8(13)7-14-4-5-15-11-6-9(12)2-3-10(11)14/h2-3,6,8H,4-5,7,13H2,1H3. The molecular weight excluding hydrogens is 272 g/mol. The predicted molar refractivity (Wildman–Crippen MR) is 70.7 cm³/mol. The van der Waals surface area contributed by atoms with Crippen molar-refractivity contribution >= 4 is 33.4 Å². The molecule has 0 fully saturated rings. The molecule has 82 valence electrons. The minimum atomic E-state index is 0.226. The van der Waals surface area contributed by atoms with E-state index in [1.807, 2.05) is 11.8 Å². The third-order valence-electron chi connectivity index (χ3n) is 2.39. The van der Waals surface area contributed by atoms with Crippen LogP contribution in [0, 0.1) is 0 Å². The van der Waals surface area contributed by atoms with E-state index in [4.69, 9.17) is 5.73 Å². The number of nitrogens with two attached hydrogens (primary N) is 1. The molecule has 0 aromatic heterocycles. The lowest BCUT2D eigenvalue weighted by Gasteiger charge is -2.32. The molecule has 0 spiro atoms. The van der Waals surface area contributed by atoms with Crippen molar-refractivity contribution in [2.75, 3.05) is 23.7 Å². The molecule has 0 saturated carbocycles. The maximum absolute atomic E-state index is 5.85. The molecule has 0 amide bonds. The van der Waals surface area contributed by atoms with E-state index in [2.05, 4.69) is 46.0 Å². The van der Waals surface area contributed by atoms with Gasteiger partial charge >= 0.3 is 0 Å². The molecule has 1 atom stereocenters. The van der Waals surface area contributed by atoms with Gasteiger partial charge < -0.3 is 10.6 Å². The average Bonchev–Trinajstić information content (AvgIpc) is 2.16. The highest BCUT2D eigenvalue weighted by Gasteiger charge is 2.17. The van der Waals surface area contributed by atoms with Crippen molar-refractivity contribution in [2.45, 2.75) is 17.9 Å². The van der Waals surface area contributed by atoms with Crippen molar-refractivity contribution in [1.82, 2.24) is 0 Å². The molecule has 1 unspecified atom stereocenters. The third-order valence-corrected chi connectivity index (χ3v) is 3.91. The van der Waals surface area contributed by atoms with E-state index in [1.54, 1.807) is 0 Å². The van der Waals surface area contributed by atoms with Gasteiger partial charge in [-0.2, -0.15) is 0 Å². The molecule has 4 heteroatoms. The van der Waals surface area contributed by atoms with Gasteiger partial charge in [-0.3, -0.25) is 0 Å². The molecule has 2 N–H and O–H groups in total. The van der Waals surface area contributed by atoms with E-state index in [0.717, 1.165) is 23.3 Å². The van der Waals surface area contributed by atoms with Gasteiger partial charge in [0.2, 0.25) is 0 Å². The topological polar surface area (TPSA) is 29.3 Å². The quantitative estimate of drug-likeness (QED) is 0.907. The van der Waals surface area contributed by atoms with Crippen molar-refractivity contribution in [3.05, 3.63) is 22.7 Å². The van der Waals surface area contributed by atoms with Crippen LogP contribution in [0.3, 0.4) is 0 Å². The first kappa shape index (κ1) is 11.3. The summed E-state index contributed by atoms with van der Waals surface area (Å²) in [6.45, 7) is 4.09. The van der Waals surface area contributed by atoms with Crippen molar-refractivity contribution in [3.8, 4) is 0 Å². The normalized spacial score (nSPS) is 17.4. The number of benzene rings is 1. The second-order valence-corrected chi connectivity index (χ2v) is 5.94. The Bertz CT molecular complexity index is 354. The minimum Gasteiger partial charge on any atom is -0.368 e. The number of hydrogen-bond donors (Lipinski definition) is 1. The molecule has 1 heterocycles. The third kappa shape index (κ3) is 2.68. The highest BCUT2D eigenvalue weighted by Crippen LogP contribution is 2.36. The Balaban J connectivity index is 2.26. The van der Waals surface area contributed by atoms with Crippen molar-refractivity contribution in [3.63, 3.8) is 0 Å². The van der Waals surface area contributed by atoms with Crippen molar-refractivity contribution in [1.29, 1.82) is 0 Å². The number of thioether (sulfide) groups is 1. The molecule has 0 saturated heterocycles. The maximum atomic E-state index is 5.85. The molecule has 1 aromatic carbocycles. The molecule has 1 aromatic rings.